The Hall–Kier alpha value is -1.56. The molecule has 1 N–H and O–H groups in total. The number of nitrogens with zero attached hydrogens (tertiary/aromatic N) is 1. The fourth-order valence-electron chi connectivity index (χ4n) is 3.37. The van der Waals surface area contributed by atoms with E-state index in [1.165, 1.54) is 18.5 Å². The van der Waals surface area contributed by atoms with Gasteiger partial charge in [0.25, 0.3) is 0 Å². The second kappa shape index (κ2) is 6.91. The summed E-state index contributed by atoms with van der Waals surface area (Å²) in [6, 6.07) is 8.31. The lowest BCUT2D eigenvalue weighted by molar-refractivity contribution is -0.122. The van der Waals surface area contributed by atoms with Crippen molar-refractivity contribution in [3.8, 4) is 0 Å². The molecular weight excluding hydrogens is 312 g/mol. The van der Waals surface area contributed by atoms with E-state index in [9.17, 15) is 13.2 Å². The highest BCUT2D eigenvalue weighted by molar-refractivity contribution is 7.91. The maximum atomic E-state index is 11.9. The molecule has 1 aromatic carbocycles. The van der Waals surface area contributed by atoms with E-state index in [0.29, 0.717) is 19.4 Å². The summed E-state index contributed by atoms with van der Waals surface area (Å²) >= 11 is 0. The minimum absolute atomic E-state index is 0.0162. The highest BCUT2D eigenvalue weighted by Crippen LogP contribution is 2.22. The van der Waals surface area contributed by atoms with Crippen LogP contribution in [0.5, 0.6) is 0 Å². The summed E-state index contributed by atoms with van der Waals surface area (Å²) in [5.41, 5.74) is 2.31. The van der Waals surface area contributed by atoms with Crippen LogP contribution in [0.25, 0.3) is 0 Å². The number of anilines is 1. The smallest absolute Gasteiger partial charge is 0.220 e. The molecule has 2 heterocycles. The molecule has 0 saturated carbocycles. The van der Waals surface area contributed by atoms with Crippen molar-refractivity contribution < 1.29 is 13.2 Å². The van der Waals surface area contributed by atoms with Crippen molar-refractivity contribution in [2.24, 2.45) is 5.92 Å². The number of hydrogen-bond acceptors (Lipinski definition) is 4. The zero-order valence-electron chi connectivity index (χ0n) is 13.3. The van der Waals surface area contributed by atoms with Gasteiger partial charge >= 0.3 is 0 Å². The summed E-state index contributed by atoms with van der Waals surface area (Å²) in [5.74, 6) is 0.307. The normalized spacial score (nSPS) is 23.1. The fourth-order valence-corrected chi connectivity index (χ4v) is 5.23. The largest absolute Gasteiger partial charge is 0.372 e. The summed E-state index contributed by atoms with van der Waals surface area (Å²) in [4.78, 5) is 14.3. The molecular formula is C17H24N2O3S. The van der Waals surface area contributed by atoms with Gasteiger partial charge in [0.05, 0.1) is 11.5 Å². The zero-order chi connectivity index (χ0) is 16.3. The first-order chi connectivity index (χ1) is 11.0. The molecule has 1 atom stereocenters. The number of carbonyl (C=O) groups excluding carboxylic acids is 1. The second-order valence-corrected chi connectivity index (χ2v) is 8.84. The standard InChI is InChI=1S/C17H24N2O3S/c20-17(11-15-7-10-23(21,22)13-15)18-12-14-3-5-16(6-4-14)19-8-1-2-9-19/h3-6,15H,1-2,7-13H2,(H,18,20). The molecule has 2 fully saturated rings. The van der Waals surface area contributed by atoms with Crippen LogP contribution in [-0.4, -0.2) is 38.9 Å². The highest BCUT2D eigenvalue weighted by atomic mass is 32.2. The van der Waals surface area contributed by atoms with Gasteiger partial charge in [0.2, 0.25) is 5.91 Å². The van der Waals surface area contributed by atoms with Gasteiger partial charge in [-0.2, -0.15) is 0 Å². The van der Waals surface area contributed by atoms with Gasteiger partial charge in [-0.1, -0.05) is 12.1 Å². The van der Waals surface area contributed by atoms with E-state index in [4.69, 9.17) is 0 Å². The molecule has 23 heavy (non-hydrogen) atoms. The van der Waals surface area contributed by atoms with Crippen LogP contribution in [0.15, 0.2) is 24.3 Å². The molecule has 0 aliphatic carbocycles. The van der Waals surface area contributed by atoms with Gasteiger partial charge in [0, 0.05) is 31.7 Å². The SMILES string of the molecule is O=C(CC1CCS(=O)(=O)C1)NCc1ccc(N2CCCC2)cc1. The lowest BCUT2D eigenvalue weighted by Crippen LogP contribution is -2.25. The van der Waals surface area contributed by atoms with Gasteiger partial charge in [-0.25, -0.2) is 8.42 Å². The number of carbonyl (C=O) groups is 1. The predicted octanol–water partition coefficient (Wildman–Crippen LogP) is 1.73. The maximum absolute atomic E-state index is 11.9. The summed E-state index contributed by atoms with van der Waals surface area (Å²) in [6.45, 7) is 2.75. The molecule has 2 aliphatic rings. The van der Waals surface area contributed by atoms with Gasteiger partial charge < -0.3 is 10.2 Å². The highest BCUT2D eigenvalue weighted by Gasteiger charge is 2.29. The summed E-state index contributed by atoms with van der Waals surface area (Å²) in [5, 5.41) is 2.89. The topological polar surface area (TPSA) is 66.5 Å². The van der Waals surface area contributed by atoms with Crippen LogP contribution in [0.2, 0.25) is 0 Å². The molecule has 2 aliphatic heterocycles. The molecule has 2 saturated heterocycles. The molecule has 0 bridgehead atoms. The van der Waals surface area contributed by atoms with Crippen LogP contribution < -0.4 is 10.2 Å². The molecule has 6 heteroatoms. The Kier molecular flexibility index (Phi) is 4.90. The Morgan fingerprint density at radius 3 is 2.48 bits per heavy atom. The Balaban J connectivity index is 1.45. The Bertz CT molecular complexity index is 649. The fraction of sp³-hybridized carbons (Fsp3) is 0.588. The van der Waals surface area contributed by atoms with Gasteiger partial charge in [0.15, 0.2) is 9.84 Å². The van der Waals surface area contributed by atoms with Crippen molar-refractivity contribution in [1.29, 1.82) is 0 Å². The number of amides is 1. The van der Waals surface area contributed by atoms with Crippen LogP contribution in [0, 0.1) is 5.92 Å². The van der Waals surface area contributed by atoms with Gasteiger partial charge in [0.1, 0.15) is 0 Å². The molecule has 1 amide bonds. The number of benzene rings is 1. The van der Waals surface area contributed by atoms with Crippen LogP contribution >= 0.6 is 0 Å². The number of rotatable bonds is 5. The van der Waals surface area contributed by atoms with Crippen molar-refractivity contribution in [1.82, 2.24) is 5.32 Å². The Morgan fingerprint density at radius 2 is 1.87 bits per heavy atom. The monoisotopic (exact) mass is 336 g/mol. The molecule has 0 aromatic heterocycles. The van der Waals surface area contributed by atoms with E-state index in [1.807, 2.05) is 12.1 Å². The summed E-state index contributed by atoms with van der Waals surface area (Å²) in [7, 11) is -2.91. The molecule has 3 rings (SSSR count). The van der Waals surface area contributed by atoms with E-state index in [1.54, 1.807) is 0 Å². The molecule has 1 aromatic rings. The zero-order valence-corrected chi connectivity index (χ0v) is 14.1. The van der Waals surface area contributed by atoms with E-state index >= 15 is 0 Å². The number of hydrogen-bond donors (Lipinski definition) is 1. The van der Waals surface area contributed by atoms with Crippen molar-refractivity contribution in [3.63, 3.8) is 0 Å². The van der Waals surface area contributed by atoms with Crippen LogP contribution in [0.4, 0.5) is 5.69 Å². The molecule has 126 valence electrons. The third-order valence-corrected chi connectivity index (χ3v) is 6.54. The van der Waals surface area contributed by atoms with Crippen LogP contribution in [0.3, 0.4) is 0 Å². The minimum atomic E-state index is -2.91. The lowest BCUT2D eigenvalue weighted by Gasteiger charge is -2.17. The van der Waals surface area contributed by atoms with Crippen molar-refractivity contribution in [2.75, 3.05) is 29.5 Å². The number of nitrogens with one attached hydrogen (secondary N) is 1. The lowest BCUT2D eigenvalue weighted by atomic mass is 10.0. The van der Waals surface area contributed by atoms with Crippen molar-refractivity contribution in [3.05, 3.63) is 29.8 Å². The first-order valence-electron chi connectivity index (χ1n) is 8.33. The average Bonchev–Trinajstić information content (AvgIpc) is 3.15. The maximum Gasteiger partial charge on any atom is 0.220 e. The molecule has 5 nitrogen and oxygen atoms in total. The quantitative estimate of drug-likeness (QED) is 0.889. The third kappa shape index (κ3) is 4.47. The van der Waals surface area contributed by atoms with Crippen molar-refractivity contribution >= 4 is 21.4 Å². The Morgan fingerprint density at radius 1 is 1.17 bits per heavy atom. The average molecular weight is 336 g/mol. The summed E-state index contributed by atoms with van der Waals surface area (Å²) in [6.07, 6.45) is 3.44. The van der Waals surface area contributed by atoms with Crippen LogP contribution in [-0.2, 0) is 21.2 Å². The minimum Gasteiger partial charge on any atom is -0.372 e. The predicted molar refractivity (Wildman–Crippen MR) is 91.1 cm³/mol. The van der Waals surface area contributed by atoms with E-state index in [2.05, 4.69) is 22.3 Å². The van der Waals surface area contributed by atoms with Gasteiger partial charge in [-0.3, -0.25) is 4.79 Å². The second-order valence-electron chi connectivity index (χ2n) is 6.61. The summed E-state index contributed by atoms with van der Waals surface area (Å²) < 4.78 is 22.8. The van der Waals surface area contributed by atoms with Crippen LogP contribution in [0.1, 0.15) is 31.2 Å². The van der Waals surface area contributed by atoms with Gasteiger partial charge in [-0.15, -0.1) is 0 Å². The third-order valence-electron chi connectivity index (χ3n) is 4.70. The Labute approximate surface area is 138 Å². The first-order valence-corrected chi connectivity index (χ1v) is 10.1. The molecule has 0 spiro atoms. The van der Waals surface area contributed by atoms with Gasteiger partial charge in [-0.05, 0) is 42.9 Å². The van der Waals surface area contributed by atoms with E-state index in [0.717, 1.165) is 18.7 Å². The first kappa shape index (κ1) is 16.3. The van der Waals surface area contributed by atoms with E-state index < -0.39 is 9.84 Å². The van der Waals surface area contributed by atoms with E-state index in [-0.39, 0.29) is 23.3 Å². The molecule has 0 radical (unpaired) electrons. The molecule has 1 unspecified atom stereocenters. The number of sulfone groups is 1. The van der Waals surface area contributed by atoms with Crippen molar-refractivity contribution in [2.45, 2.75) is 32.2 Å².